The number of nitrogens with one attached hydrogen (secondary N) is 1. The monoisotopic (exact) mass is 342 g/mol. The minimum atomic E-state index is -0.981. The van der Waals surface area contributed by atoms with Crippen molar-refractivity contribution >= 4 is 28.5 Å². The number of hydrogen-bond acceptors (Lipinski definition) is 4. The Morgan fingerprint density at radius 1 is 1.33 bits per heavy atom. The van der Waals surface area contributed by atoms with Crippen molar-refractivity contribution < 1.29 is 9.90 Å². The van der Waals surface area contributed by atoms with Gasteiger partial charge in [-0.1, -0.05) is 22.9 Å². The highest BCUT2D eigenvalue weighted by atomic mass is 35.5. The lowest BCUT2D eigenvalue weighted by molar-refractivity contribution is -0.137. The smallest absolute Gasteiger partial charge is 0.325 e. The first-order chi connectivity index (χ1) is 11.6. The second kappa shape index (κ2) is 5.50. The van der Waals surface area contributed by atoms with Crippen LogP contribution in [0, 0.1) is 0 Å². The van der Waals surface area contributed by atoms with Crippen LogP contribution in [0.15, 0.2) is 43.0 Å². The second-order valence-electron chi connectivity index (χ2n) is 5.23. The van der Waals surface area contributed by atoms with Crippen molar-refractivity contribution in [1.29, 1.82) is 0 Å². The van der Waals surface area contributed by atoms with E-state index in [-0.39, 0.29) is 6.54 Å². The fraction of sp³-hybridized carbons (Fsp3) is 0.0667. The third-order valence-corrected chi connectivity index (χ3v) is 3.88. The molecule has 3 heterocycles. The molecule has 4 aromatic rings. The molecule has 0 unspecified atom stereocenters. The Labute approximate surface area is 140 Å². The number of aromatic amines is 1. The summed E-state index contributed by atoms with van der Waals surface area (Å²) >= 11 is 6.14. The number of rotatable bonds is 4. The van der Waals surface area contributed by atoms with E-state index >= 15 is 0 Å². The van der Waals surface area contributed by atoms with Gasteiger partial charge in [0.15, 0.2) is 5.82 Å². The van der Waals surface area contributed by atoms with Crippen molar-refractivity contribution in [2.24, 2.45) is 0 Å². The molecule has 0 fully saturated rings. The van der Waals surface area contributed by atoms with Crippen molar-refractivity contribution in [3.8, 4) is 16.9 Å². The summed E-state index contributed by atoms with van der Waals surface area (Å²) in [6.45, 7) is -0.248. The number of H-pyrrole nitrogens is 1. The first kappa shape index (κ1) is 14.5. The predicted octanol–water partition coefficient (Wildman–Crippen LogP) is 2.35. The van der Waals surface area contributed by atoms with Gasteiger partial charge in [0.05, 0.1) is 17.9 Å². The normalized spacial score (nSPS) is 11.2. The van der Waals surface area contributed by atoms with E-state index in [0.717, 1.165) is 22.0 Å². The molecule has 2 N–H and O–H groups in total. The molecule has 0 atom stereocenters. The van der Waals surface area contributed by atoms with Crippen molar-refractivity contribution in [2.45, 2.75) is 6.54 Å². The minimum absolute atomic E-state index is 0.248. The van der Waals surface area contributed by atoms with E-state index in [4.69, 9.17) is 16.7 Å². The zero-order valence-electron chi connectivity index (χ0n) is 12.2. The SMILES string of the molecule is O=C(O)Cn1cc(-n2cc(-c3cn[nH]c3)c3ccc(Cl)cc32)nn1. The molecule has 4 rings (SSSR count). The number of carbonyl (C=O) groups is 1. The Morgan fingerprint density at radius 2 is 2.21 bits per heavy atom. The number of aromatic nitrogens is 6. The standard InChI is InChI=1S/C15H11ClN6O2/c16-10-1-2-11-12(9-4-17-18-5-9)6-22(13(11)3-10)14-7-21(20-19-14)8-15(23)24/h1-7H,8H2,(H,17,18)(H,23,24). The highest BCUT2D eigenvalue weighted by molar-refractivity contribution is 6.31. The Morgan fingerprint density at radius 3 is 2.96 bits per heavy atom. The lowest BCUT2D eigenvalue weighted by Gasteiger charge is -2.00. The van der Waals surface area contributed by atoms with Gasteiger partial charge in [-0.3, -0.25) is 14.5 Å². The summed E-state index contributed by atoms with van der Waals surface area (Å²) in [4.78, 5) is 10.8. The zero-order chi connectivity index (χ0) is 16.7. The zero-order valence-corrected chi connectivity index (χ0v) is 13.0. The van der Waals surface area contributed by atoms with E-state index in [9.17, 15) is 4.79 Å². The van der Waals surface area contributed by atoms with Gasteiger partial charge >= 0.3 is 5.97 Å². The summed E-state index contributed by atoms with van der Waals surface area (Å²) in [6.07, 6.45) is 7.01. The van der Waals surface area contributed by atoms with Gasteiger partial charge in [-0.15, -0.1) is 5.10 Å². The fourth-order valence-corrected chi connectivity index (χ4v) is 2.80. The van der Waals surface area contributed by atoms with Gasteiger partial charge in [-0.2, -0.15) is 5.10 Å². The van der Waals surface area contributed by atoms with Crippen molar-refractivity contribution in [3.05, 3.63) is 48.0 Å². The maximum atomic E-state index is 10.8. The van der Waals surface area contributed by atoms with Crippen LogP contribution in [0.25, 0.3) is 27.8 Å². The van der Waals surface area contributed by atoms with Crippen molar-refractivity contribution in [1.82, 2.24) is 29.8 Å². The number of hydrogen-bond donors (Lipinski definition) is 2. The number of halogens is 1. The fourth-order valence-electron chi connectivity index (χ4n) is 2.63. The molecule has 0 radical (unpaired) electrons. The van der Waals surface area contributed by atoms with E-state index in [0.29, 0.717) is 10.8 Å². The molecule has 0 spiro atoms. The molecular formula is C15H11ClN6O2. The number of benzene rings is 1. The topological polar surface area (TPSA) is 102 Å². The summed E-state index contributed by atoms with van der Waals surface area (Å²) in [7, 11) is 0. The van der Waals surface area contributed by atoms with Crippen LogP contribution in [0.3, 0.4) is 0 Å². The van der Waals surface area contributed by atoms with E-state index in [2.05, 4.69) is 20.5 Å². The van der Waals surface area contributed by atoms with Crippen molar-refractivity contribution in [2.75, 3.05) is 0 Å². The average molecular weight is 343 g/mol. The molecule has 24 heavy (non-hydrogen) atoms. The molecule has 0 aliphatic carbocycles. The van der Waals surface area contributed by atoms with Crippen LogP contribution in [-0.4, -0.2) is 40.8 Å². The molecule has 1 aromatic carbocycles. The van der Waals surface area contributed by atoms with Gasteiger partial charge in [0.2, 0.25) is 0 Å². The third kappa shape index (κ3) is 2.42. The molecule has 8 nitrogen and oxygen atoms in total. The first-order valence-corrected chi connectivity index (χ1v) is 7.41. The molecule has 3 aromatic heterocycles. The molecular weight excluding hydrogens is 332 g/mol. The quantitative estimate of drug-likeness (QED) is 0.592. The highest BCUT2D eigenvalue weighted by Crippen LogP contribution is 2.33. The molecule has 0 aliphatic heterocycles. The Bertz CT molecular complexity index is 1030. The predicted molar refractivity (Wildman–Crippen MR) is 87.1 cm³/mol. The molecule has 0 saturated carbocycles. The number of fused-ring (bicyclic) bond motifs is 1. The van der Waals surface area contributed by atoms with Gasteiger partial charge in [-0.25, -0.2) is 4.68 Å². The van der Waals surface area contributed by atoms with E-state index in [1.807, 2.05) is 29.0 Å². The molecule has 0 amide bonds. The highest BCUT2D eigenvalue weighted by Gasteiger charge is 2.15. The molecule has 120 valence electrons. The number of aliphatic carboxylic acids is 1. The summed E-state index contributed by atoms with van der Waals surface area (Å²) in [5.41, 5.74) is 2.74. The lowest BCUT2D eigenvalue weighted by atomic mass is 10.1. The Hall–Kier alpha value is -3.13. The Balaban J connectivity index is 1.90. The van der Waals surface area contributed by atoms with Gasteiger partial charge < -0.3 is 5.11 Å². The van der Waals surface area contributed by atoms with Crippen LogP contribution >= 0.6 is 11.6 Å². The van der Waals surface area contributed by atoms with Crippen LogP contribution in [-0.2, 0) is 11.3 Å². The van der Waals surface area contributed by atoms with Crippen LogP contribution in [0.5, 0.6) is 0 Å². The van der Waals surface area contributed by atoms with Gasteiger partial charge in [-0.05, 0) is 12.1 Å². The van der Waals surface area contributed by atoms with Crippen LogP contribution in [0.1, 0.15) is 0 Å². The Kier molecular flexibility index (Phi) is 3.31. The first-order valence-electron chi connectivity index (χ1n) is 7.04. The van der Waals surface area contributed by atoms with E-state index < -0.39 is 5.97 Å². The summed E-state index contributed by atoms with van der Waals surface area (Å²) in [5.74, 6) is -0.468. The van der Waals surface area contributed by atoms with Gasteiger partial charge in [0, 0.05) is 33.9 Å². The van der Waals surface area contributed by atoms with E-state index in [1.165, 1.54) is 4.68 Å². The number of nitrogens with zero attached hydrogens (tertiary/aromatic N) is 5. The summed E-state index contributed by atoms with van der Waals surface area (Å²) in [6, 6.07) is 5.58. The summed E-state index contributed by atoms with van der Waals surface area (Å²) < 4.78 is 3.10. The maximum absolute atomic E-state index is 10.8. The molecule has 9 heteroatoms. The minimum Gasteiger partial charge on any atom is -0.480 e. The molecule has 0 aliphatic rings. The van der Waals surface area contributed by atoms with Crippen molar-refractivity contribution in [3.63, 3.8) is 0 Å². The maximum Gasteiger partial charge on any atom is 0.325 e. The van der Waals surface area contributed by atoms with Crippen LogP contribution in [0.2, 0.25) is 5.02 Å². The van der Waals surface area contributed by atoms with E-state index in [1.54, 1.807) is 18.6 Å². The largest absolute Gasteiger partial charge is 0.480 e. The van der Waals surface area contributed by atoms with Crippen LogP contribution < -0.4 is 0 Å². The lowest BCUT2D eigenvalue weighted by Crippen LogP contribution is -2.08. The van der Waals surface area contributed by atoms with Gasteiger partial charge in [0.25, 0.3) is 0 Å². The third-order valence-electron chi connectivity index (χ3n) is 3.65. The van der Waals surface area contributed by atoms with Crippen LogP contribution in [0.4, 0.5) is 0 Å². The molecule has 0 saturated heterocycles. The average Bonchev–Trinajstić information content (AvgIpc) is 3.24. The summed E-state index contributed by atoms with van der Waals surface area (Å²) in [5, 5.41) is 25.1. The number of carboxylic acid groups (broad SMARTS) is 1. The number of carboxylic acids is 1. The molecule has 0 bridgehead atoms. The van der Waals surface area contributed by atoms with Gasteiger partial charge in [0.1, 0.15) is 6.54 Å². The second-order valence-corrected chi connectivity index (χ2v) is 5.67.